The smallest absolute Gasteiger partial charge is 0.312 e. The summed E-state index contributed by atoms with van der Waals surface area (Å²) in [6.45, 7) is 11.0. The lowest BCUT2D eigenvalue weighted by Crippen LogP contribution is -2.53. The van der Waals surface area contributed by atoms with E-state index in [0.29, 0.717) is 12.8 Å². The molecule has 0 aromatic rings. The molecule has 4 atom stereocenters. The molecular weight excluding hydrogens is 452 g/mol. The number of aliphatic carboxylic acids is 1. The third-order valence-electron chi connectivity index (χ3n) is 8.31. The molecule has 0 amide bonds. The Morgan fingerprint density at radius 1 is 0.889 bits per heavy atom. The second-order valence-electron chi connectivity index (χ2n) is 12.3. The van der Waals surface area contributed by atoms with Gasteiger partial charge in [-0.2, -0.15) is 0 Å². The van der Waals surface area contributed by atoms with Gasteiger partial charge in [-0.3, -0.25) is 4.79 Å². The zero-order valence-corrected chi connectivity index (χ0v) is 24.5. The van der Waals surface area contributed by atoms with Gasteiger partial charge in [-0.15, -0.1) is 0 Å². The molecule has 214 valence electrons. The fourth-order valence-corrected chi connectivity index (χ4v) is 5.85. The molecule has 1 aliphatic heterocycles. The molecule has 5 heteroatoms. The molecule has 0 aromatic heterocycles. The van der Waals surface area contributed by atoms with Crippen LogP contribution in [0.1, 0.15) is 157 Å². The highest BCUT2D eigenvalue weighted by molar-refractivity contribution is 5.76. The quantitative estimate of drug-likeness (QED) is 0.150. The highest BCUT2D eigenvalue weighted by atomic mass is 16.7. The average Bonchev–Trinajstić information content (AvgIpc) is 2.82. The Bertz CT molecular complexity index is 552. The first-order valence-corrected chi connectivity index (χ1v) is 15.4. The van der Waals surface area contributed by atoms with Gasteiger partial charge in [-0.1, -0.05) is 118 Å². The number of carboxylic acids is 1. The van der Waals surface area contributed by atoms with Crippen LogP contribution in [0.5, 0.6) is 0 Å². The van der Waals surface area contributed by atoms with Gasteiger partial charge in [0.25, 0.3) is 0 Å². The number of aliphatic hydroxyl groups excluding tert-OH is 1. The molecule has 5 nitrogen and oxygen atoms in total. The van der Waals surface area contributed by atoms with Crippen LogP contribution in [0.15, 0.2) is 0 Å². The lowest BCUT2D eigenvalue weighted by atomic mass is 9.59. The maximum atomic E-state index is 12.7. The maximum Gasteiger partial charge on any atom is 0.312 e. The Labute approximate surface area is 223 Å². The Balaban J connectivity index is 2.78. The number of carboxylic acid groups (broad SMARTS) is 1. The molecule has 36 heavy (non-hydrogen) atoms. The molecule has 1 fully saturated rings. The molecular formula is C31H60O5. The van der Waals surface area contributed by atoms with E-state index in [2.05, 4.69) is 13.8 Å². The van der Waals surface area contributed by atoms with E-state index < -0.39 is 22.9 Å². The minimum absolute atomic E-state index is 0.177. The predicted molar refractivity (Wildman–Crippen MR) is 149 cm³/mol. The Hall–Kier alpha value is -0.650. The first-order valence-electron chi connectivity index (χ1n) is 15.4. The second kappa shape index (κ2) is 18.6. The van der Waals surface area contributed by atoms with Crippen LogP contribution in [0.4, 0.5) is 0 Å². The van der Waals surface area contributed by atoms with E-state index in [1.807, 2.05) is 20.8 Å². The van der Waals surface area contributed by atoms with Crippen LogP contribution in [-0.4, -0.2) is 41.3 Å². The van der Waals surface area contributed by atoms with Crippen molar-refractivity contribution in [1.82, 2.24) is 0 Å². The van der Waals surface area contributed by atoms with Gasteiger partial charge in [0, 0.05) is 13.0 Å². The van der Waals surface area contributed by atoms with Gasteiger partial charge in [-0.05, 0) is 37.5 Å². The van der Waals surface area contributed by atoms with E-state index >= 15 is 0 Å². The molecule has 1 saturated heterocycles. The molecule has 3 unspecified atom stereocenters. The normalized spacial score (nSPS) is 20.1. The Kier molecular flexibility index (Phi) is 17.2. The third-order valence-corrected chi connectivity index (χ3v) is 8.31. The van der Waals surface area contributed by atoms with E-state index in [4.69, 9.17) is 9.47 Å². The summed E-state index contributed by atoms with van der Waals surface area (Å²) in [4.78, 5) is 12.7. The molecule has 0 aliphatic carbocycles. The lowest BCUT2D eigenvalue weighted by Gasteiger charge is -2.45. The molecule has 0 saturated carbocycles. The first kappa shape index (κ1) is 33.4. The van der Waals surface area contributed by atoms with Gasteiger partial charge < -0.3 is 19.7 Å². The molecule has 0 aromatic carbocycles. The standard InChI is InChI=1S/C31H60O5/c1-6-8-10-12-13-14-15-16-17-21-26(36-28-22-18-20-24-35-28)25-27(32)31(29(33)34,30(3,4)5)23-19-11-9-7-2/h26-28,32H,6-25H2,1-5H3,(H,33,34)/t26?,27?,28?,31-/m1/s1. The van der Waals surface area contributed by atoms with E-state index in [-0.39, 0.29) is 12.4 Å². The summed E-state index contributed by atoms with van der Waals surface area (Å²) in [5.41, 5.74) is -1.75. The number of hydrogen-bond acceptors (Lipinski definition) is 4. The lowest BCUT2D eigenvalue weighted by molar-refractivity contribution is -0.203. The molecule has 1 aliphatic rings. The fraction of sp³-hybridized carbons (Fsp3) is 0.968. The summed E-state index contributed by atoms with van der Waals surface area (Å²) in [5, 5.41) is 22.0. The van der Waals surface area contributed by atoms with Crippen molar-refractivity contribution in [3.63, 3.8) is 0 Å². The number of aliphatic hydroxyl groups is 1. The minimum Gasteiger partial charge on any atom is -0.481 e. The van der Waals surface area contributed by atoms with Crippen LogP contribution >= 0.6 is 0 Å². The first-order chi connectivity index (χ1) is 17.2. The molecule has 1 heterocycles. The fourth-order valence-electron chi connectivity index (χ4n) is 5.85. The van der Waals surface area contributed by atoms with E-state index in [1.54, 1.807) is 0 Å². The highest BCUT2D eigenvalue weighted by Gasteiger charge is 2.53. The van der Waals surface area contributed by atoms with Gasteiger partial charge >= 0.3 is 5.97 Å². The van der Waals surface area contributed by atoms with Crippen LogP contribution < -0.4 is 0 Å². The third kappa shape index (κ3) is 11.8. The van der Waals surface area contributed by atoms with Crippen molar-refractivity contribution in [1.29, 1.82) is 0 Å². The van der Waals surface area contributed by atoms with E-state index in [9.17, 15) is 15.0 Å². The summed E-state index contributed by atoms with van der Waals surface area (Å²) < 4.78 is 12.2. The number of ether oxygens (including phenoxy) is 2. The van der Waals surface area contributed by atoms with Crippen LogP contribution in [-0.2, 0) is 14.3 Å². The zero-order chi connectivity index (χ0) is 26.9. The number of hydrogen-bond donors (Lipinski definition) is 2. The number of unbranched alkanes of at least 4 members (excludes halogenated alkanes) is 11. The summed E-state index contributed by atoms with van der Waals surface area (Å²) >= 11 is 0. The van der Waals surface area contributed by atoms with Crippen LogP contribution in [0, 0.1) is 10.8 Å². The summed E-state index contributed by atoms with van der Waals surface area (Å²) in [6.07, 6.45) is 18.8. The molecule has 1 rings (SSSR count). The van der Waals surface area contributed by atoms with Gasteiger partial charge in [0.15, 0.2) is 6.29 Å². The SMILES string of the molecule is CCCCCCCCCCCC(CC(O)[C@](CCCCCC)(C(=O)O)C(C)(C)C)OC1CCCCO1. The van der Waals surface area contributed by atoms with Crippen molar-refractivity contribution in [3.05, 3.63) is 0 Å². The maximum absolute atomic E-state index is 12.7. The average molecular weight is 513 g/mol. The van der Waals surface area contributed by atoms with Crippen molar-refractivity contribution >= 4 is 5.97 Å². The number of rotatable bonds is 21. The zero-order valence-electron chi connectivity index (χ0n) is 24.5. The van der Waals surface area contributed by atoms with Crippen molar-refractivity contribution in [2.24, 2.45) is 10.8 Å². The van der Waals surface area contributed by atoms with Crippen molar-refractivity contribution in [3.8, 4) is 0 Å². The summed E-state index contributed by atoms with van der Waals surface area (Å²) in [6, 6.07) is 0. The summed E-state index contributed by atoms with van der Waals surface area (Å²) in [7, 11) is 0. The van der Waals surface area contributed by atoms with Crippen molar-refractivity contribution in [2.45, 2.75) is 175 Å². The summed E-state index contributed by atoms with van der Waals surface area (Å²) in [5.74, 6) is -0.880. The van der Waals surface area contributed by atoms with Crippen molar-refractivity contribution < 1.29 is 24.5 Å². The second-order valence-corrected chi connectivity index (χ2v) is 12.3. The van der Waals surface area contributed by atoms with Gasteiger partial charge in [0.2, 0.25) is 0 Å². The highest BCUT2D eigenvalue weighted by Crippen LogP contribution is 2.48. The Morgan fingerprint density at radius 3 is 1.94 bits per heavy atom. The minimum atomic E-state index is -1.19. The van der Waals surface area contributed by atoms with E-state index in [1.165, 1.54) is 44.9 Å². The Morgan fingerprint density at radius 2 is 1.44 bits per heavy atom. The van der Waals surface area contributed by atoms with Crippen LogP contribution in [0.25, 0.3) is 0 Å². The van der Waals surface area contributed by atoms with E-state index in [0.717, 1.165) is 70.8 Å². The molecule has 0 bridgehead atoms. The van der Waals surface area contributed by atoms with Crippen LogP contribution in [0.2, 0.25) is 0 Å². The molecule has 2 N–H and O–H groups in total. The largest absolute Gasteiger partial charge is 0.481 e. The number of carbonyl (C=O) groups is 1. The van der Waals surface area contributed by atoms with Gasteiger partial charge in [0.1, 0.15) is 0 Å². The van der Waals surface area contributed by atoms with Gasteiger partial charge in [0.05, 0.1) is 17.6 Å². The topological polar surface area (TPSA) is 76.0 Å². The molecule has 0 radical (unpaired) electrons. The van der Waals surface area contributed by atoms with Crippen LogP contribution in [0.3, 0.4) is 0 Å². The monoisotopic (exact) mass is 512 g/mol. The van der Waals surface area contributed by atoms with Crippen molar-refractivity contribution in [2.75, 3.05) is 6.61 Å². The molecule has 0 spiro atoms. The predicted octanol–water partition coefficient (Wildman–Crippen LogP) is 8.66. The van der Waals surface area contributed by atoms with Gasteiger partial charge in [-0.25, -0.2) is 0 Å².